The zero-order valence-electron chi connectivity index (χ0n) is 15.4. The van der Waals surface area contributed by atoms with Gasteiger partial charge in [-0.1, -0.05) is 36.6 Å². The van der Waals surface area contributed by atoms with Crippen LogP contribution in [0.3, 0.4) is 0 Å². The summed E-state index contributed by atoms with van der Waals surface area (Å²) in [6, 6.07) is 15.8. The number of ether oxygens (including phenoxy) is 1. The fraction of sp³-hybridized carbons (Fsp3) is 0.286. The number of hydrogen-bond acceptors (Lipinski definition) is 6. The lowest BCUT2D eigenvalue weighted by Gasteiger charge is -2.13. The molecule has 0 unspecified atom stereocenters. The van der Waals surface area contributed by atoms with Crippen LogP contribution in [0.4, 0.5) is 17.5 Å². The van der Waals surface area contributed by atoms with E-state index in [1.165, 1.54) is 25.7 Å². The Kier molecular flexibility index (Phi) is 5.87. The van der Waals surface area contributed by atoms with Crippen molar-refractivity contribution >= 4 is 29.1 Å². The van der Waals surface area contributed by atoms with E-state index in [2.05, 4.69) is 25.8 Å². The highest BCUT2D eigenvalue weighted by Crippen LogP contribution is 2.22. The van der Waals surface area contributed by atoms with Gasteiger partial charge in [-0.05, 0) is 54.8 Å². The summed E-state index contributed by atoms with van der Waals surface area (Å²) >= 11 is 5.90. The molecule has 144 valence electrons. The Morgan fingerprint density at radius 3 is 2.50 bits per heavy atom. The lowest BCUT2D eigenvalue weighted by Crippen LogP contribution is -2.16. The van der Waals surface area contributed by atoms with Gasteiger partial charge in [0.15, 0.2) is 5.82 Å². The van der Waals surface area contributed by atoms with E-state index in [-0.39, 0.29) is 0 Å². The molecule has 0 spiro atoms. The predicted octanol–water partition coefficient (Wildman–Crippen LogP) is 5.20. The molecule has 0 atom stereocenters. The molecule has 4 rings (SSSR count). The smallest absolute Gasteiger partial charge is 0.249 e. The molecule has 0 radical (unpaired) electrons. The maximum atomic E-state index is 5.90. The summed E-state index contributed by atoms with van der Waals surface area (Å²) in [4.78, 5) is 4.50. The van der Waals surface area contributed by atoms with E-state index in [4.69, 9.17) is 16.3 Å². The molecule has 1 saturated carbocycles. The Labute approximate surface area is 169 Å². The van der Waals surface area contributed by atoms with Crippen molar-refractivity contribution in [3.8, 4) is 5.75 Å². The van der Waals surface area contributed by atoms with Gasteiger partial charge in [0.2, 0.25) is 5.95 Å². The third kappa shape index (κ3) is 5.10. The van der Waals surface area contributed by atoms with Gasteiger partial charge in [0.1, 0.15) is 12.4 Å². The van der Waals surface area contributed by atoms with Crippen molar-refractivity contribution in [1.29, 1.82) is 0 Å². The predicted molar refractivity (Wildman–Crippen MR) is 111 cm³/mol. The molecule has 2 N–H and O–H groups in total. The first kappa shape index (κ1) is 18.5. The van der Waals surface area contributed by atoms with Gasteiger partial charge in [-0.3, -0.25) is 0 Å². The van der Waals surface area contributed by atoms with Crippen LogP contribution in [0.15, 0.2) is 54.7 Å². The van der Waals surface area contributed by atoms with Crippen LogP contribution in [0, 0.1) is 0 Å². The van der Waals surface area contributed by atoms with Crippen molar-refractivity contribution in [3.05, 3.63) is 65.3 Å². The Balaban J connectivity index is 1.33. The summed E-state index contributed by atoms with van der Waals surface area (Å²) in [5.74, 6) is 2.02. The summed E-state index contributed by atoms with van der Waals surface area (Å²) in [6.07, 6.45) is 6.58. The molecule has 1 heterocycles. The Morgan fingerprint density at radius 2 is 1.75 bits per heavy atom. The number of halogens is 1. The Bertz CT molecular complexity index is 895. The number of nitrogens with zero attached hydrogens (tertiary/aromatic N) is 3. The van der Waals surface area contributed by atoms with Crippen LogP contribution in [-0.4, -0.2) is 21.2 Å². The van der Waals surface area contributed by atoms with Crippen LogP contribution < -0.4 is 15.4 Å². The molecular formula is C21H22ClN5O. The quantitative estimate of drug-likeness (QED) is 0.572. The number of aromatic nitrogens is 3. The third-order valence-corrected chi connectivity index (χ3v) is 4.95. The van der Waals surface area contributed by atoms with E-state index >= 15 is 0 Å². The zero-order chi connectivity index (χ0) is 19.2. The molecule has 1 fully saturated rings. The average molecular weight is 396 g/mol. The van der Waals surface area contributed by atoms with Crippen LogP contribution in [-0.2, 0) is 6.61 Å². The first-order chi connectivity index (χ1) is 13.7. The lowest BCUT2D eigenvalue weighted by molar-refractivity contribution is 0.306. The van der Waals surface area contributed by atoms with E-state index < -0.39 is 0 Å². The largest absolute Gasteiger partial charge is 0.489 e. The van der Waals surface area contributed by atoms with Crippen molar-refractivity contribution < 1.29 is 4.74 Å². The molecule has 3 aromatic rings. The Morgan fingerprint density at radius 1 is 1.00 bits per heavy atom. The van der Waals surface area contributed by atoms with E-state index in [1.54, 1.807) is 6.20 Å². The molecule has 1 aliphatic rings. The summed E-state index contributed by atoms with van der Waals surface area (Å²) in [5, 5.41) is 15.4. The van der Waals surface area contributed by atoms with Crippen LogP contribution in [0.1, 0.15) is 31.2 Å². The Hall–Kier alpha value is -2.86. The maximum absolute atomic E-state index is 5.90. The fourth-order valence-electron chi connectivity index (χ4n) is 3.22. The van der Waals surface area contributed by atoms with Gasteiger partial charge < -0.3 is 15.4 Å². The van der Waals surface area contributed by atoms with Crippen LogP contribution in [0.25, 0.3) is 0 Å². The lowest BCUT2D eigenvalue weighted by atomic mass is 10.2. The first-order valence-electron chi connectivity index (χ1n) is 9.45. The van der Waals surface area contributed by atoms with Crippen molar-refractivity contribution in [2.45, 2.75) is 38.3 Å². The van der Waals surface area contributed by atoms with Crippen molar-refractivity contribution in [2.75, 3.05) is 10.6 Å². The SMILES string of the molecule is Clc1ccc(COc2ccc(Nc3nncc(NC4CCCC4)n3)cc2)cc1. The summed E-state index contributed by atoms with van der Waals surface area (Å²) in [7, 11) is 0. The summed E-state index contributed by atoms with van der Waals surface area (Å²) < 4.78 is 5.81. The van der Waals surface area contributed by atoms with Crippen LogP contribution in [0.2, 0.25) is 5.02 Å². The highest BCUT2D eigenvalue weighted by molar-refractivity contribution is 6.30. The first-order valence-corrected chi connectivity index (χ1v) is 9.83. The standard InChI is InChI=1S/C21H22ClN5O/c22-16-7-5-15(6-8-16)14-28-19-11-9-18(10-12-19)25-21-26-20(13-23-27-21)24-17-3-1-2-4-17/h5-13,17H,1-4,14H2,(H2,24,25,26,27). The minimum absolute atomic E-state index is 0.470. The summed E-state index contributed by atoms with van der Waals surface area (Å²) in [6.45, 7) is 0.492. The van der Waals surface area contributed by atoms with Crippen LogP contribution >= 0.6 is 11.6 Å². The molecule has 1 aliphatic carbocycles. The molecular weight excluding hydrogens is 374 g/mol. The minimum Gasteiger partial charge on any atom is -0.489 e. The number of nitrogens with one attached hydrogen (secondary N) is 2. The molecule has 28 heavy (non-hydrogen) atoms. The van der Waals surface area contributed by atoms with Gasteiger partial charge in [0, 0.05) is 16.8 Å². The molecule has 0 amide bonds. The van der Waals surface area contributed by atoms with Gasteiger partial charge in [0.05, 0.1) is 6.20 Å². The molecule has 1 aromatic heterocycles. The van der Waals surface area contributed by atoms with E-state index in [0.717, 1.165) is 27.8 Å². The molecule has 7 heteroatoms. The second kappa shape index (κ2) is 8.89. The average Bonchev–Trinajstić information content (AvgIpc) is 3.22. The second-order valence-electron chi connectivity index (χ2n) is 6.86. The van der Waals surface area contributed by atoms with Crippen molar-refractivity contribution in [1.82, 2.24) is 15.2 Å². The molecule has 6 nitrogen and oxygen atoms in total. The number of rotatable bonds is 7. The monoisotopic (exact) mass is 395 g/mol. The zero-order valence-corrected chi connectivity index (χ0v) is 16.2. The van der Waals surface area contributed by atoms with E-state index in [0.29, 0.717) is 18.6 Å². The van der Waals surface area contributed by atoms with Gasteiger partial charge in [-0.25, -0.2) is 0 Å². The van der Waals surface area contributed by atoms with E-state index in [1.807, 2.05) is 48.5 Å². The topological polar surface area (TPSA) is 72.0 Å². The number of benzene rings is 2. The normalized spacial score (nSPS) is 14.0. The third-order valence-electron chi connectivity index (χ3n) is 4.70. The molecule has 0 bridgehead atoms. The summed E-state index contributed by atoms with van der Waals surface area (Å²) in [5.41, 5.74) is 1.94. The van der Waals surface area contributed by atoms with Gasteiger partial charge in [-0.15, -0.1) is 5.10 Å². The fourth-order valence-corrected chi connectivity index (χ4v) is 3.34. The van der Waals surface area contributed by atoms with Gasteiger partial charge in [0.25, 0.3) is 0 Å². The van der Waals surface area contributed by atoms with Gasteiger partial charge >= 0.3 is 0 Å². The molecule has 2 aromatic carbocycles. The number of anilines is 3. The highest BCUT2D eigenvalue weighted by atomic mass is 35.5. The highest BCUT2D eigenvalue weighted by Gasteiger charge is 2.15. The van der Waals surface area contributed by atoms with Crippen molar-refractivity contribution in [3.63, 3.8) is 0 Å². The molecule has 0 aliphatic heterocycles. The molecule has 0 saturated heterocycles. The maximum Gasteiger partial charge on any atom is 0.249 e. The number of hydrogen-bond donors (Lipinski definition) is 2. The van der Waals surface area contributed by atoms with Gasteiger partial charge in [-0.2, -0.15) is 10.1 Å². The minimum atomic E-state index is 0.470. The van der Waals surface area contributed by atoms with Crippen LogP contribution in [0.5, 0.6) is 5.75 Å². The van der Waals surface area contributed by atoms with E-state index in [9.17, 15) is 0 Å². The van der Waals surface area contributed by atoms with Crippen molar-refractivity contribution in [2.24, 2.45) is 0 Å². The second-order valence-corrected chi connectivity index (χ2v) is 7.29.